The van der Waals surface area contributed by atoms with Gasteiger partial charge in [-0.05, 0) is 24.6 Å². The minimum atomic E-state index is -1.26. The molecule has 28 heavy (non-hydrogen) atoms. The normalized spacial score (nSPS) is 18.7. The van der Waals surface area contributed by atoms with Gasteiger partial charge in [0, 0.05) is 0 Å². The smallest absolute Gasteiger partial charge is 0.326 e. The number of furan rings is 1. The van der Waals surface area contributed by atoms with Gasteiger partial charge in [-0.25, -0.2) is 4.79 Å². The summed E-state index contributed by atoms with van der Waals surface area (Å²) in [5.74, 6) is -1.41. The first-order chi connectivity index (χ1) is 13.4. The predicted molar refractivity (Wildman–Crippen MR) is 95.6 cm³/mol. The van der Waals surface area contributed by atoms with Gasteiger partial charge in [0.2, 0.25) is 0 Å². The average Bonchev–Trinajstić information content (AvgIpc) is 3.29. The van der Waals surface area contributed by atoms with Gasteiger partial charge in [0.25, 0.3) is 11.8 Å². The molecule has 1 aliphatic rings. The summed E-state index contributed by atoms with van der Waals surface area (Å²) in [4.78, 5) is 49.3. The maximum Gasteiger partial charge on any atom is 0.326 e. The van der Waals surface area contributed by atoms with Crippen molar-refractivity contribution in [1.29, 1.82) is 0 Å². The number of esters is 1. The number of imide groups is 1. The van der Waals surface area contributed by atoms with Crippen molar-refractivity contribution in [2.24, 2.45) is 0 Å². The summed E-state index contributed by atoms with van der Waals surface area (Å²) < 4.78 is 9.92. The summed E-state index contributed by atoms with van der Waals surface area (Å²) in [7, 11) is 0. The topological polar surface area (TPSA) is 118 Å². The number of carbonyl (C=O) groups is 4. The largest absolute Gasteiger partial charge is 0.467 e. The number of rotatable bonds is 7. The van der Waals surface area contributed by atoms with Crippen LogP contribution in [-0.2, 0) is 31.2 Å². The van der Waals surface area contributed by atoms with Gasteiger partial charge in [-0.2, -0.15) is 0 Å². The number of carbonyl (C=O) groups excluding carboxylic acids is 4. The van der Waals surface area contributed by atoms with Crippen molar-refractivity contribution >= 4 is 23.8 Å². The van der Waals surface area contributed by atoms with Gasteiger partial charge >= 0.3 is 12.0 Å². The highest BCUT2D eigenvalue weighted by atomic mass is 16.5. The first-order valence-electron chi connectivity index (χ1n) is 8.54. The highest BCUT2D eigenvalue weighted by Gasteiger charge is 2.49. The van der Waals surface area contributed by atoms with Crippen LogP contribution in [0.15, 0.2) is 53.1 Å². The van der Waals surface area contributed by atoms with Crippen LogP contribution >= 0.6 is 0 Å². The number of urea groups is 1. The lowest BCUT2D eigenvalue weighted by Crippen LogP contribution is -2.41. The molecule has 4 amide bonds. The molecule has 1 atom stereocenters. The van der Waals surface area contributed by atoms with Gasteiger partial charge in [-0.3, -0.25) is 19.3 Å². The molecule has 2 heterocycles. The lowest BCUT2D eigenvalue weighted by Gasteiger charge is -2.21. The Bertz CT molecular complexity index is 880. The molecule has 0 unspecified atom stereocenters. The summed E-state index contributed by atoms with van der Waals surface area (Å²) in [6.45, 7) is 0.611. The second-order valence-electron chi connectivity index (χ2n) is 6.33. The van der Waals surface area contributed by atoms with Crippen LogP contribution in [-0.4, -0.2) is 41.9 Å². The van der Waals surface area contributed by atoms with E-state index in [1.807, 2.05) is 0 Å². The van der Waals surface area contributed by atoms with E-state index in [4.69, 9.17) is 9.15 Å². The molecular weight excluding hydrogens is 366 g/mol. The van der Waals surface area contributed by atoms with E-state index >= 15 is 0 Å². The molecule has 1 saturated heterocycles. The maximum atomic E-state index is 12.7. The van der Waals surface area contributed by atoms with E-state index in [0.717, 1.165) is 4.90 Å². The molecule has 1 aromatic carbocycles. The molecule has 1 fully saturated rings. The molecule has 0 radical (unpaired) electrons. The Morgan fingerprint density at radius 1 is 1.18 bits per heavy atom. The fourth-order valence-electron chi connectivity index (χ4n) is 2.78. The zero-order valence-corrected chi connectivity index (χ0v) is 15.1. The summed E-state index contributed by atoms with van der Waals surface area (Å²) in [6.07, 6.45) is 1.48. The molecule has 9 nitrogen and oxygen atoms in total. The third-order valence-corrected chi connectivity index (χ3v) is 4.32. The van der Waals surface area contributed by atoms with E-state index in [9.17, 15) is 19.2 Å². The van der Waals surface area contributed by atoms with Crippen molar-refractivity contribution in [2.75, 3.05) is 13.2 Å². The number of benzene rings is 1. The fraction of sp³-hybridized carbons (Fsp3) is 0.263. The quantitative estimate of drug-likeness (QED) is 0.540. The molecule has 2 N–H and O–H groups in total. The number of nitrogens with zero attached hydrogens (tertiary/aromatic N) is 1. The Morgan fingerprint density at radius 2 is 1.93 bits per heavy atom. The third-order valence-electron chi connectivity index (χ3n) is 4.32. The van der Waals surface area contributed by atoms with Gasteiger partial charge in [0.1, 0.15) is 17.8 Å². The molecule has 0 aliphatic carbocycles. The highest BCUT2D eigenvalue weighted by Crippen LogP contribution is 2.28. The van der Waals surface area contributed by atoms with Crippen LogP contribution in [0, 0.1) is 0 Å². The number of hydrogen-bond donors (Lipinski definition) is 2. The van der Waals surface area contributed by atoms with Crippen molar-refractivity contribution in [3.8, 4) is 0 Å². The molecule has 9 heteroatoms. The lowest BCUT2D eigenvalue weighted by atomic mass is 9.92. The van der Waals surface area contributed by atoms with Crippen LogP contribution in [0.4, 0.5) is 4.79 Å². The zero-order valence-electron chi connectivity index (χ0n) is 15.1. The standard InChI is InChI=1S/C19H19N3O6/c1-19(13-6-3-2-4-7-13)17(25)22(18(26)21-19)11-16(24)28-12-15(23)20-10-14-8-5-9-27-14/h2-9H,10-12H2,1H3,(H,20,23)(H,21,26)/t19-/m1/s1. The molecule has 1 aromatic heterocycles. The van der Waals surface area contributed by atoms with E-state index < -0.39 is 42.5 Å². The molecule has 3 rings (SSSR count). The Labute approximate surface area is 160 Å². The van der Waals surface area contributed by atoms with Gasteiger partial charge in [-0.15, -0.1) is 0 Å². The van der Waals surface area contributed by atoms with Gasteiger partial charge < -0.3 is 19.8 Å². The van der Waals surface area contributed by atoms with E-state index in [0.29, 0.717) is 11.3 Å². The number of amides is 4. The Balaban J connectivity index is 1.52. The molecule has 1 aliphatic heterocycles. The molecule has 0 spiro atoms. The summed E-state index contributed by atoms with van der Waals surface area (Å²) in [5.41, 5.74) is -0.666. The van der Waals surface area contributed by atoms with Crippen LogP contribution in [0.5, 0.6) is 0 Å². The minimum absolute atomic E-state index is 0.159. The van der Waals surface area contributed by atoms with Crippen LogP contribution in [0.3, 0.4) is 0 Å². The number of nitrogens with one attached hydrogen (secondary N) is 2. The van der Waals surface area contributed by atoms with Crippen molar-refractivity contribution in [2.45, 2.75) is 19.0 Å². The van der Waals surface area contributed by atoms with Crippen molar-refractivity contribution in [3.63, 3.8) is 0 Å². The first-order valence-corrected chi connectivity index (χ1v) is 8.54. The van der Waals surface area contributed by atoms with E-state index in [2.05, 4.69) is 10.6 Å². The van der Waals surface area contributed by atoms with E-state index in [-0.39, 0.29) is 6.54 Å². The summed E-state index contributed by atoms with van der Waals surface area (Å²) in [5, 5.41) is 5.11. The second-order valence-corrected chi connectivity index (χ2v) is 6.33. The SMILES string of the molecule is C[C@]1(c2ccccc2)NC(=O)N(CC(=O)OCC(=O)NCc2ccco2)C1=O. The van der Waals surface area contributed by atoms with Gasteiger partial charge in [-0.1, -0.05) is 30.3 Å². The molecular formula is C19H19N3O6. The first kappa shape index (κ1) is 19.2. The summed E-state index contributed by atoms with van der Waals surface area (Å²) >= 11 is 0. The Kier molecular flexibility index (Phi) is 5.44. The fourth-order valence-corrected chi connectivity index (χ4v) is 2.78. The Hall–Kier alpha value is -3.62. The molecule has 2 aromatic rings. The van der Waals surface area contributed by atoms with E-state index in [1.165, 1.54) is 6.26 Å². The Morgan fingerprint density at radius 3 is 2.61 bits per heavy atom. The maximum absolute atomic E-state index is 12.7. The van der Waals surface area contributed by atoms with Crippen LogP contribution in [0.2, 0.25) is 0 Å². The van der Waals surface area contributed by atoms with Crippen LogP contribution in [0.1, 0.15) is 18.2 Å². The van der Waals surface area contributed by atoms with E-state index in [1.54, 1.807) is 49.4 Å². The summed E-state index contributed by atoms with van der Waals surface area (Å²) in [6, 6.07) is 11.4. The zero-order chi connectivity index (χ0) is 20.1. The predicted octanol–water partition coefficient (Wildman–Crippen LogP) is 0.906. The highest BCUT2D eigenvalue weighted by molar-refractivity contribution is 6.08. The van der Waals surface area contributed by atoms with Crippen molar-refractivity contribution in [3.05, 3.63) is 60.1 Å². The lowest BCUT2D eigenvalue weighted by molar-refractivity contribution is -0.151. The third kappa shape index (κ3) is 4.03. The van der Waals surface area contributed by atoms with Gasteiger partial charge in [0.05, 0.1) is 12.8 Å². The van der Waals surface area contributed by atoms with Crippen LogP contribution in [0.25, 0.3) is 0 Å². The number of ether oxygens (including phenoxy) is 1. The van der Waals surface area contributed by atoms with Crippen molar-refractivity contribution in [1.82, 2.24) is 15.5 Å². The van der Waals surface area contributed by atoms with Crippen molar-refractivity contribution < 1.29 is 28.3 Å². The molecule has 0 bridgehead atoms. The second kappa shape index (κ2) is 7.95. The minimum Gasteiger partial charge on any atom is -0.467 e. The van der Waals surface area contributed by atoms with Gasteiger partial charge in [0.15, 0.2) is 6.61 Å². The van der Waals surface area contributed by atoms with Crippen LogP contribution < -0.4 is 10.6 Å². The number of hydrogen-bond acceptors (Lipinski definition) is 6. The monoisotopic (exact) mass is 385 g/mol. The average molecular weight is 385 g/mol. The molecule has 0 saturated carbocycles. The molecule has 146 valence electrons.